The topological polar surface area (TPSA) is 58.5 Å². The second-order valence-corrected chi connectivity index (χ2v) is 7.65. The van der Waals surface area contributed by atoms with Gasteiger partial charge < -0.3 is 15.4 Å². The van der Waals surface area contributed by atoms with Crippen LogP contribution in [-0.2, 0) is 19.7 Å². The minimum Gasteiger partial charge on any atom is -0.489 e. The Morgan fingerprint density at radius 1 is 1.03 bits per heavy atom. The van der Waals surface area contributed by atoms with Gasteiger partial charge in [0.1, 0.15) is 17.4 Å². The van der Waals surface area contributed by atoms with Crippen LogP contribution in [0.1, 0.15) is 27.9 Å². The van der Waals surface area contributed by atoms with Gasteiger partial charge in [-0.15, -0.1) is 35.3 Å². The molecule has 0 saturated heterocycles. The Kier molecular flexibility index (Phi) is 9.93. The molecule has 2 aromatic carbocycles. The number of nitrogens with zero attached hydrogens (tertiary/aromatic N) is 2. The minimum atomic E-state index is 0. The first-order valence-corrected chi connectivity index (χ1v) is 10.2. The fourth-order valence-corrected chi connectivity index (χ4v) is 3.31. The molecule has 0 aliphatic heterocycles. The number of aliphatic imine (C=N–C) groups is 1. The summed E-state index contributed by atoms with van der Waals surface area (Å²) >= 11 is 1.70. The highest BCUT2D eigenvalue weighted by Crippen LogP contribution is 2.15. The summed E-state index contributed by atoms with van der Waals surface area (Å²) in [6.07, 6.45) is 1.90. The van der Waals surface area contributed by atoms with Crippen molar-refractivity contribution in [2.45, 2.75) is 33.5 Å². The number of thiazole rings is 1. The van der Waals surface area contributed by atoms with E-state index in [0.29, 0.717) is 19.7 Å². The highest BCUT2D eigenvalue weighted by atomic mass is 127. The third-order valence-corrected chi connectivity index (χ3v) is 4.92. The normalized spacial score (nSPS) is 10.9. The highest BCUT2D eigenvalue weighted by Gasteiger charge is 2.02. The Balaban J connectivity index is 0.00000300. The molecule has 154 valence electrons. The first-order chi connectivity index (χ1) is 13.7. The number of aryl methyl sites for hydroxylation is 1. The van der Waals surface area contributed by atoms with Crippen molar-refractivity contribution < 1.29 is 4.74 Å². The van der Waals surface area contributed by atoms with E-state index in [1.165, 1.54) is 4.88 Å². The summed E-state index contributed by atoms with van der Waals surface area (Å²) in [5.74, 6) is 1.65. The van der Waals surface area contributed by atoms with Gasteiger partial charge in [0.2, 0.25) is 0 Å². The van der Waals surface area contributed by atoms with E-state index in [9.17, 15) is 0 Å². The van der Waals surface area contributed by atoms with Crippen LogP contribution in [0.2, 0.25) is 0 Å². The molecule has 2 N–H and O–H groups in total. The van der Waals surface area contributed by atoms with Crippen LogP contribution >= 0.6 is 35.3 Å². The van der Waals surface area contributed by atoms with Crippen molar-refractivity contribution in [2.24, 2.45) is 4.99 Å². The molecule has 0 radical (unpaired) electrons. The Morgan fingerprint density at radius 2 is 1.79 bits per heavy atom. The van der Waals surface area contributed by atoms with Crippen molar-refractivity contribution in [3.8, 4) is 5.75 Å². The van der Waals surface area contributed by atoms with Gasteiger partial charge in [0.05, 0.1) is 13.1 Å². The summed E-state index contributed by atoms with van der Waals surface area (Å²) < 4.78 is 5.83. The number of hydrogen-bond acceptors (Lipinski definition) is 4. The van der Waals surface area contributed by atoms with Gasteiger partial charge in [0.15, 0.2) is 5.96 Å². The quantitative estimate of drug-likeness (QED) is 0.251. The van der Waals surface area contributed by atoms with Crippen molar-refractivity contribution in [2.75, 3.05) is 6.54 Å². The summed E-state index contributed by atoms with van der Waals surface area (Å²) in [6.45, 7) is 6.79. The van der Waals surface area contributed by atoms with E-state index < -0.39 is 0 Å². The van der Waals surface area contributed by atoms with Crippen LogP contribution < -0.4 is 15.4 Å². The first-order valence-electron chi connectivity index (χ1n) is 9.42. The zero-order valence-corrected chi connectivity index (χ0v) is 19.9. The minimum absolute atomic E-state index is 0. The molecule has 0 fully saturated rings. The number of guanidine groups is 1. The number of aromatic nitrogens is 1. The number of halogens is 1. The lowest BCUT2D eigenvalue weighted by atomic mass is 10.2. The largest absolute Gasteiger partial charge is 0.489 e. The summed E-state index contributed by atoms with van der Waals surface area (Å²) in [6, 6.07) is 18.3. The van der Waals surface area contributed by atoms with E-state index >= 15 is 0 Å². The van der Waals surface area contributed by atoms with Crippen LogP contribution in [0.5, 0.6) is 5.75 Å². The maximum atomic E-state index is 5.83. The second kappa shape index (κ2) is 12.4. The average molecular weight is 522 g/mol. The van der Waals surface area contributed by atoms with Crippen LogP contribution in [0.3, 0.4) is 0 Å². The van der Waals surface area contributed by atoms with E-state index in [1.807, 2.05) is 36.5 Å². The molecule has 5 nitrogen and oxygen atoms in total. The molecule has 0 bridgehead atoms. The number of rotatable bonds is 8. The zero-order valence-electron chi connectivity index (χ0n) is 16.7. The smallest absolute Gasteiger partial charge is 0.191 e. The van der Waals surface area contributed by atoms with Crippen LogP contribution in [0.4, 0.5) is 0 Å². The molecule has 3 rings (SSSR count). The van der Waals surface area contributed by atoms with Gasteiger partial charge in [-0.05, 0) is 37.1 Å². The highest BCUT2D eigenvalue weighted by molar-refractivity contribution is 14.0. The van der Waals surface area contributed by atoms with E-state index in [2.05, 4.69) is 58.7 Å². The Bertz CT molecular complexity index is 881. The summed E-state index contributed by atoms with van der Waals surface area (Å²) in [4.78, 5) is 10.2. The monoisotopic (exact) mass is 522 g/mol. The molecule has 0 spiro atoms. The third-order valence-electron chi connectivity index (χ3n) is 4.01. The fraction of sp³-hybridized carbons (Fsp3) is 0.273. The van der Waals surface area contributed by atoms with E-state index in [-0.39, 0.29) is 24.0 Å². The van der Waals surface area contributed by atoms with Crippen LogP contribution in [0.25, 0.3) is 0 Å². The Morgan fingerprint density at radius 3 is 2.45 bits per heavy atom. The molecule has 29 heavy (non-hydrogen) atoms. The first kappa shape index (κ1) is 23.2. The molecule has 0 aliphatic rings. The molecule has 0 amide bonds. The molecule has 0 unspecified atom stereocenters. The number of ether oxygens (including phenoxy) is 1. The van der Waals surface area contributed by atoms with Gasteiger partial charge in [-0.3, -0.25) is 0 Å². The van der Waals surface area contributed by atoms with E-state index in [0.717, 1.165) is 34.4 Å². The van der Waals surface area contributed by atoms with Crippen molar-refractivity contribution in [3.63, 3.8) is 0 Å². The van der Waals surface area contributed by atoms with Gasteiger partial charge >= 0.3 is 0 Å². The summed E-state index contributed by atoms with van der Waals surface area (Å²) in [7, 11) is 0. The van der Waals surface area contributed by atoms with E-state index in [1.54, 1.807) is 11.3 Å². The SMILES string of the molecule is CCNC(=NCc1ccc(OCc2ccccc2)cc1)NCc1ncc(C)s1.I. The van der Waals surface area contributed by atoms with Crippen molar-refractivity contribution in [1.82, 2.24) is 15.6 Å². The molecule has 0 saturated carbocycles. The lowest BCUT2D eigenvalue weighted by molar-refractivity contribution is 0.306. The number of hydrogen-bond donors (Lipinski definition) is 2. The summed E-state index contributed by atoms with van der Waals surface area (Å²) in [5, 5.41) is 7.66. The lowest BCUT2D eigenvalue weighted by Gasteiger charge is -2.10. The number of benzene rings is 2. The van der Waals surface area contributed by atoms with Crippen LogP contribution in [0, 0.1) is 6.92 Å². The van der Waals surface area contributed by atoms with Crippen molar-refractivity contribution >= 4 is 41.3 Å². The van der Waals surface area contributed by atoms with Crippen molar-refractivity contribution in [1.29, 1.82) is 0 Å². The molecular formula is C22H27IN4OS. The fourth-order valence-electron chi connectivity index (χ4n) is 2.59. The van der Waals surface area contributed by atoms with Gasteiger partial charge in [0.25, 0.3) is 0 Å². The molecule has 7 heteroatoms. The molecule has 0 aliphatic carbocycles. The standard InChI is InChI=1S/C22H26N4OS.HI/c1-3-23-22(26-15-21-24-13-17(2)28-21)25-14-18-9-11-20(12-10-18)27-16-19-7-5-4-6-8-19;/h4-13H,3,14-16H2,1-2H3,(H2,23,25,26);1H. The molecule has 0 atom stereocenters. The van der Waals surface area contributed by atoms with Crippen LogP contribution in [0.15, 0.2) is 65.8 Å². The van der Waals surface area contributed by atoms with Crippen molar-refractivity contribution in [3.05, 3.63) is 81.8 Å². The number of nitrogens with one attached hydrogen (secondary N) is 2. The van der Waals surface area contributed by atoms with Gasteiger partial charge in [-0.2, -0.15) is 0 Å². The molecule has 1 aromatic heterocycles. The molecule has 1 heterocycles. The lowest BCUT2D eigenvalue weighted by Crippen LogP contribution is -2.36. The maximum Gasteiger partial charge on any atom is 0.191 e. The maximum absolute atomic E-state index is 5.83. The summed E-state index contributed by atoms with van der Waals surface area (Å²) in [5.41, 5.74) is 2.29. The van der Waals surface area contributed by atoms with Gasteiger partial charge in [-0.25, -0.2) is 9.98 Å². The molecular weight excluding hydrogens is 495 g/mol. The average Bonchev–Trinajstić information content (AvgIpc) is 3.15. The second-order valence-electron chi connectivity index (χ2n) is 6.33. The third kappa shape index (κ3) is 8.02. The predicted molar refractivity (Wildman–Crippen MR) is 131 cm³/mol. The van der Waals surface area contributed by atoms with Crippen LogP contribution in [-0.4, -0.2) is 17.5 Å². The Hall–Kier alpha value is -2.13. The van der Waals surface area contributed by atoms with E-state index in [4.69, 9.17) is 4.74 Å². The van der Waals surface area contributed by atoms with Gasteiger partial charge in [-0.1, -0.05) is 42.5 Å². The zero-order chi connectivity index (χ0) is 19.6. The molecule has 3 aromatic rings. The predicted octanol–water partition coefficient (Wildman–Crippen LogP) is 4.90. The Labute approximate surface area is 193 Å². The van der Waals surface area contributed by atoms with Gasteiger partial charge in [0, 0.05) is 17.6 Å².